The van der Waals surface area contributed by atoms with Crippen molar-refractivity contribution in [2.45, 2.75) is 25.8 Å². The van der Waals surface area contributed by atoms with Gasteiger partial charge in [0, 0.05) is 12.5 Å². The zero-order valence-corrected chi connectivity index (χ0v) is 4.52. The molecule has 0 saturated carbocycles. The van der Waals surface area contributed by atoms with Gasteiger partial charge in [0.25, 0.3) is 0 Å². The minimum atomic E-state index is 0.180. The Morgan fingerprint density at radius 2 is 2.43 bits per heavy atom. The van der Waals surface area contributed by atoms with Gasteiger partial charge in [0.2, 0.25) is 0 Å². The summed E-state index contributed by atoms with van der Waals surface area (Å²) in [6, 6.07) is 2.20. The lowest BCUT2D eigenvalue weighted by molar-refractivity contribution is 0.680. The van der Waals surface area contributed by atoms with Crippen molar-refractivity contribution in [1.29, 1.82) is 5.26 Å². The first kappa shape index (κ1) is 6.45. The van der Waals surface area contributed by atoms with Gasteiger partial charge in [0.1, 0.15) is 0 Å². The van der Waals surface area contributed by atoms with Gasteiger partial charge in [-0.3, -0.25) is 0 Å². The SMILES string of the molecule is C[C@@H](N)CCC#N. The number of hydrogen-bond acceptors (Lipinski definition) is 2. The Hall–Kier alpha value is -0.550. The first-order valence-electron chi connectivity index (χ1n) is 2.40. The fraction of sp³-hybridized carbons (Fsp3) is 0.800. The summed E-state index contributed by atoms with van der Waals surface area (Å²) in [5.74, 6) is 0. The van der Waals surface area contributed by atoms with Crippen molar-refractivity contribution in [1.82, 2.24) is 0 Å². The van der Waals surface area contributed by atoms with Gasteiger partial charge >= 0.3 is 0 Å². The van der Waals surface area contributed by atoms with Gasteiger partial charge in [-0.15, -0.1) is 0 Å². The van der Waals surface area contributed by atoms with Crippen LogP contribution in [0.4, 0.5) is 0 Å². The van der Waals surface area contributed by atoms with E-state index in [0.717, 1.165) is 6.42 Å². The maximum atomic E-state index is 8.01. The number of nitrogens with zero attached hydrogens (tertiary/aromatic N) is 1. The Balaban J connectivity index is 2.86. The maximum absolute atomic E-state index is 8.01. The lowest BCUT2D eigenvalue weighted by Crippen LogP contribution is -2.13. The quantitative estimate of drug-likeness (QED) is 0.551. The van der Waals surface area contributed by atoms with Crippen molar-refractivity contribution in [2.24, 2.45) is 5.73 Å². The smallest absolute Gasteiger partial charge is 0.0622 e. The summed E-state index contributed by atoms with van der Waals surface area (Å²) >= 11 is 0. The zero-order valence-electron chi connectivity index (χ0n) is 4.52. The van der Waals surface area contributed by atoms with Crippen LogP contribution >= 0.6 is 0 Å². The van der Waals surface area contributed by atoms with Crippen molar-refractivity contribution >= 4 is 0 Å². The van der Waals surface area contributed by atoms with Crippen LogP contribution in [-0.4, -0.2) is 6.04 Å². The molecule has 0 unspecified atom stereocenters. The largest absolute Gasteiger partial charge is 0.328 e. The third-order valence-corrected chi connectivity index (χ3v) is 0.711. The molecule has 0 aromatic rings. The molecule has 0 amide bonds. The van der Waals surface area contributed by atoms with Gasteiger partial charge < -0.3 is 5.73 Å². The second-order valence-corrected chi connectivity index (χ2v) is 1.67. The molecule has 2 heteroatoms. The summed E-state index contributed by atoms with van der Waals surface area (Å²) < 4.78 is 0. The van der Waals surface area contributed by atoms with E-state index in [-0.39, 0.29) is 6.04 Å². The molecule has 0 aromatic heterocycles. The third-order valence-electron chi connectivity index (χ3n) is 0.711. The molecule has 0 saturated heterocycles. The number of rotatable bonds is 2. The number of nitrogens with two attached hydrogens (primary N) is 1. The Morgan fingerprint density at radius 3 is 2.57 bits per heavy atom. The van der Waals surface area contributed by atoms with Gasteiger partial charge in [-0.25, -0.2) is 0 Å². The van der Waals surface area contributed by atoms with Crippen LogP contribution in [0.1, 0.15) is 19.8 Å². The van der Waals surface area contributed by atoms with E-state index in [1.54, 1.807) is 0 Å². The van der Waals surface area contributed by atoms with E-state index < -0.39 is 0 Å². The summed E-state index contributed by atoms with van der Waals surface area (Å²) in [6.45, 7) is 1.90. The minimum Gasteiger partial charge on any atom is -0.328 e. The highest BCUT2D eigenvalue weighted by Crippen LogP contribution is 1.88. The van der Waals surface area contributed by atoms with Gasteiger partial charge in [-0.05, 0) is 13.3 Å². The van der Waals surface area contributed by atoms with Crippen LogP contribution in [0.25, 0.3) is 0 Å². The molecule has 2 nitrogen and oxygen atoms in total. The molecule has 7 heavy (non-hydrogen) atoms. The third kappa shape index (κ3) is 5.45. The fourth-order valence-corrected chi connectivity index (χ4v) is 0.292. The van der Waals surface area contributed by atoms with Gasteiger partial charge in [0.15, 0.2) is 0 Å². The van der Waals surface area contributed by atoms with Crippen molar-refractivity contribution < 1.29 is 0 Å². The Morgan fingerprint density at radius 1 is 1.86 bits per heavy atom. The van der Waals surface area contributed by atoms with Crippen molar-refractivity contribution in [3.63, 3.8) is 0 Å². The molecule has 0 aliphatic carbocycles. The minimum absolute atomic E-state index is 0.180. The summed E-state index contributed by atoms with van der Waals surface area (Å²) in [7, 11) is 0. The topological polar surface area (TPSA) is 49.8 Å². The van der Waals surface area contributed by atoms with E-state index in [9.17, 15) is 0 Å². The molecular weight excluding hydrogens is 88.1 g/mol. The van der Waals surface area contributed by atoms with E-state index in [0.29, 0.717) is 6.42 Å². The molecule has 2 N–H and O–H groups in total. The van der Waals surface area contributed by atoms with Crippen molar-refractivity contribution in [3.8, 4) is 6.07 Å². The Kier molecular flexibility index (Phi) is 3.35. The summed E-state index contributed by atoms with van der Waals surface area (Å²) in [4.78, 5) is 0. The number of hydrogen-bond donors (Lipinski definition) is 1. The van der Waals surface area contributed by atoms with Crippen LogP contribution < -0.4 is 5.73 Å². The van der Waals surface area contributed by atoms with Crippen LogP contribution in [0.2, 0.25) is 0 Å². The summed E-state index contributed by atoms with van der Waals surface area (Å²) in [6.07, 6.45) is 1.40. The molecule has 0 aromatic carbocycles. The highest BCUT2D eigenvalue weighted by molar-refractivity contribution is 4.70. The highest BCUT2D eigenvalue weighted by Gasteiger charge is 1.88. The van der Waals surface area contributed by atoms with Gasteiger partial charge in [-0.2, -0.15) is 5.26 Å². The lowest BCUT2D eigenvalue weighted by atomic mass is 10.2. The van der Waals surface area contributed by atoms with Crippen molar-refractivity contribution in [3.05, 3.63) is 0 Å². The molecule has 0 spiro atoms. The highest BCUT2D eigenvalue weighted by atomic mass is 14.6. The summed E-state index contributed by atoms with van der Waals surface area (Å²) in [5, 5.41) is 8.01. The average molecular weight is 98.1 g/mol. The molecule has 0 aliphatic heterocycles. The van der Waals surface area contributed by atoms with E-state index >= 15 is 0 Å². The fourth-order valence-electron chi connectivity index (χ4n) is 0.292. The molecule has 0 heterocycles. The Bertz CT molecular complexity index is 70.6. The van der Waals surface area contributed by atoms with E-state index in [1.807, 2.05) is 13.0 Å². The molecule has 0 radical (unpaired) electrons. The van der Waals surface area contributed by atoms with Gasteiger partial charge in [-0.1, -0.05) is 0 Å². The monoisotopic (exact) mass is 98.1 g/mol. The summed E-state index contributed by atoms with van der Waals surface area (Å²) in [5.41, 5.74) is 5.33. The average Bonchev–Trinajstić information content (AvgIpc) is 1.61. The molecule has 0 rings (SSSR count). The van der Waals surface area contributed by atoms with E-state index in [2.05, 4.69) is 0 Å². The molecule has 0 bridgehead atoms. The van der Waals surface area contributed by atoms with E-state index in [4.69, 9.17) is 11.0 Å². The second-order valence-electron chi connectivity index (χ2n) is 1.67. The normalized spacial score (nSPS) is 12.7. The first-order chi connectivity index (χ1) is 3.27. The molecule has 0 fully saturated rings. The van der Waals surface area contributed by atoms with Crippen LogP contribution in [0.15, 0.2) is 0 Å². The van der Waals surface area contributed by atoms with Crippen molar-refractivity contribution in [2.75, 3.05) is 0 Å². The van der Waals surface area contributed by atoms with Crippen LogP contribution in [-0.2, 0) is 0 Å². The van der Waals surface area contributed by atoms with Crippen LogP contribution in [0.3, 0.4) is 0 Å². The first-order valence-corrected chi connectivity index (χ1v) is 2.40. The number of nitriles is 1. The predicted molar refractivity (Wildman–Crippen MR) is 28.5 cm³/mol. The van der Waals surface area contributed by atoms with Gasteiger partial charge in [0.05, 0.1) is 6.07 Å². The van der Waals surface area contributed by atoms with Crippen LogP contribution in [0, 0.1) is 11.3 Å². The molecule has 1 atom stereocenters. The Labute approximate surface area is 43.9 Å². The molecule has 0 aliphatic rings. The zero-order chi connectivity index (χ0) is 5.70. The van der Waals surface area contributed by atoms with E-state index in [1.165, 1.54) is 0 Å². The van der Waals surface area contributed by atoms with Crippen LogP contribution in [0.5, 0.6) is 0 Å². The second kappa shape index (κ2) is 3.63. The maximum Gasteiger partial charge on any atom is 0.0622 e. The molecular formula is C5H10N2. The lowest BCUT2D eigenvalue weighted by Gasteiger charge is -1.95. The standard InChI is InChI=1S/C5H10N2/c1-5(7)3-2-4-6/h5H,2-3,7H2,1H3/t5-/m1/s1. The molecule has 40 valence electrons. The predicted octanol–water partition coefficient (Wildman–Crippen LogP) is 0.637.